The zero-order valence-electron chi connectivity index (χ0n) is 9.37. The molecule has 0 N–H and O–H groups in total. The summed E-state index contributed by atoms with van der Waals surface area (Å²) in [5.74, 6) is 0. The molecule has 0 spiro atoms. The summed E-state index contributed by atoms with van der Waals surface area (Å²) in [5.41, 5.74) is 0. The molecule has 0 aliphatic rings. The highest BCUT2D eigenvalue weighted by Crippen LogP contribution is 2.24. The second-order valence-corrected chi connectivity index (χ2v) is 5.30. The lowest BCUT2D eigenvalue weighted by atomic mass is 10.2. The summed E-state index contributed by atoms with van der Waals surface area (Å²) in [6, 6.07) is 0. The van der Waals surface area contributed by atoms with E-state index in [1.54, 1.807) is 0 Å². The first kappa shape index (κ1) is 14.2. The largest absolute Gasteiger partial charge is 0.0773 e. The maximum Gasteiger partial charge on any atom is -0.0218 e. The van der Waals surface area contributed by atoms with Gasteiger partial charge in [0.25, 0.3) is 0 Å². The SMILES string of the molecule is CCCCC=CSSC=CCCCC. The van der Waals surface area contributed by atoms with E-state index in [-0.39, 0.29) is 0 Å². The van der Waals surface area contributed by atoms with Gasteiger partial charge in [0.1, 0.15) is 0 Å². The summed E-state index contributed by atoms with van der Waals surface area (Å²) in [6.07, 6.45) is 12.2. The van der Waals surface area contributed by atoms with Crippen molar-refractivity contribution in [1.82, 2.24) is 0 Å². The first-order chi connectivity index (χ1) is 6.91. The Morgan fingerprint density at radius 2 is 1.21 bits per heavy atom. The van der Waals surface area contributed by atoms with E-state index in [1.165, 1.54) is 38.5 Å². The van der Waals surface area contributed by atoms with E-state index in [0.29, 0.717) is 0 Å². The van der Waals surface area contributed by atoms with Crippen LogP contribution in [0, 0.1) is 0 Å². The molecule has 82 valence electrons. The fraction of sp³-hybridized carbons (Fsp3) is 0.667. The van der Waals surface area contributed by atoms with Crippen LogP contribution in [-0.4, -0.2) is 0 Å². The molecule has 0 aromatic rings. The number of rotatable bonds is 9. The minimum Gasteiger partial charge on any atom is -0.0773 e. The average molecular weight is 230 g/mol. The first-order valence-corrected chi connectivity index (χ1v) is 7.81. The van der Waals surface area contributed by atoms with Gasteiger partial charge in [-0.05, 0) is 23.7 Å². The average Bonchev–Trinajstić information content (AvgIpc) is 2.21. The fourth-order valence-corrected chi connectivity index (χ4v) is 2.34. The molecule has 0 nitrogen and oxygen atoms in total. The highest BCUT2D eigenvalue weighted by Gasteiger charge is 1.81. The molecule has 0 heterocycles. The van der Waals surface area contributed by atoms with Crippen LogP contribution in [-0.2, 0) is 0 Å². The molecule has 0 amide bonds. The van der Waals surface area contributed by atoms with Crippen molar-refractivity contribution in [3.05, 3.63) is 23.0 Å². The molecule has 0 aliphatic carbocycles. The van der Waals surface area contributed by atoms with E-state index >= 15 is 0 Å². The van der Waals surface area contributed by atoms with Gasteiger partial charge in [-0.15, -0.1) is 0 Å². The van der Waals surface area contributed by atoms with Crippen molar-refractivity contribution in [3.8, 4) is 0 Å². The van der Waals surface area contributed by atoms with Crippen LogP contribution in [0.4, 0.5) is 0 Å². The summed E-state index contributed by atoms with van der Waals surface area (Å²) in [4.78, 5) is 0. The second kappa shape index (κ2) is 13.2. The fourth-order valence-electron chi connectivity index (χ4n) is 0.923. The van der Waals surface area contributed by atoms with E-state index in [9.17, 15) is 0 Å². The summed E-state index contributed by atoms with van der Waals surface area (Å²) in [7, 11) is 3.62. The van der Waals surface area contributed by atoms with Crippen molar-refractivity contribution >= 4 is 21.6 Å². The molecule has 0 saturated carbocycles. The minimum atomic E-state index is 1.23. The lowest BCUT2D eigenvalue weighted by Gasteiger charge is -1.89. The second-order valence-electron chi connectivity index (χ2n) is 3.22. The molecule has 0 unspecified atom stereocenters. The molecular weight excluding hydrogens is 208 g/mol. The van der Waals surface area contributed by atoms with Crippen molar-refractivity contribution in [1.29, 1.82) is 0 Å². The summed E-state index contributed by atoms with van der Waals surface area (Å²) in [6.45, 7) is 4.46. The third kappa shape index (κ3) is 12.2. The third-order valence-corrected chi connectivity index (χ3v) is 3.53. The van der Waals surface area contributed by atoms with Gasteiger partial charge in [0, 0.05) is 0 Å². The van der Waals surface area contributed by atoms with Gasteiger partial charge in [0.2, 0.25) is 0 Å². The molecule has 0 fully saturated rings. The molecule has 0 atom stereocenters. The molecule has 2 heteroatoms. The molecular formula is C12H22S2. The monoisotopic (exact) mass is 230 g/mol. The maximum absolute atomic E-state index is 2.26. The van der Waals surface area contributed by atoms with Gasteiger partial charge < -0.3 is 0 Å². The molecule has 0 radical (unpaired) electrons. The van der Waals surface area contributed by atoms with E-state index in [2.05, 4.69) is 36.8 Å². The summed E-state index contributed by atoms with van der Waals surface area (Å²) in [5, 5.41) is 4.40. The molecule has 0 bridgehead atoms. The Hall–Kier alpha value is 0.180. The highest BCUT2D eigenvalue weighted by atomic mass is 33.1. The van der Waals surface area contributed by atoms with Crippen LogP contribution in [0.1, 0.15) is 52.4 Å². The van der Waals surface area contributed by atoms with Gasteiger partial charge >= 0.3 is 0 Å². The van der Waals surface area contributed by atoms with E-state index in [1.807, 2.05) is 21.6 Å². The summed E-state index contributed by atoms with van der Waals surface area (Å²) >= 11 is 0. The van der Waals surface area contributed by atoms with Crippen LogP contribution >= 0.6 is 21.6 Å². The van der Waals surface area contributed by atoms with E-state index in [4.69, 9.17) is 0 Å². The lowest BCUT2D eigenvalue weighted by Crippen LogP contribution is -1.64. The maximum atomic E-state index is 2.26. The standard InChI is InChI=1S/C12H22S2/c1-3-5-7-9-11-13-14-12-10-8-6-4-2/h9-12H,3-8H2,1-2H3. The van der Waals surface area contributed by atoms with Gasteiger partial charge in [0.15, 0.2) is 0 Å². The quantitative estimate of drug-likeness (QED) is 0.364. The topological polar surface area (TPSA) is 0 Å². The van der Waals surface area contributed by atoms with Gasteiger partial charge in [-0.1, -0.05) is 73.3 Å². The van der Waals surface area contributed by atoms with Crippen molar-refractivity contribution in [2.75, 3.05) is 0 Å². The lowest BCUT2D eigenvalue weighted by molar-refractivity contribution is 0.815. The van der Waals surface area contributed by atoms with Crippen LogP contribution in [0.15, 0.2) is 23.0 Å². The Morgan fingerprint density at radius 1 is 0.786 bits per heavy atom. The van der Waals surface area contributed by atoms with Crippen molar-refractivity contribution in [2.24, 2.45) is 0 Å². The molecule has 14 heavy (non-hydrogen) atoms. The molecule has 0 aliphatic heterocycles. The smallest absolute Gasteiger partial charge is 0.0218 e. The van der Waals surface area contributed by atoms with Crippen molar-refractivity contribution in [3.63, 3.8) is 0 Å². The predicted molar refractivity (Wildman–Crippen MR) is 72.5 cm³/mol. The van der Waals surface area contributed by atoms with E-state index in [0.717, 1.165) is 0 Å². The van der Waals surface area contributed by atoms with Crippen LogP contribution < -0.4 is 0 Å². The Labute approximate surface area is 97.0 Å². The zero-order chi connectivity index (χ0) is 10.5. The Kier molecular flexibility index (Phi) is 13.3. The van der Waals surface area contributed by atoms with Crippen molar-refractivity contribution < 1.29 is 0 Å². The predicted octanol–water partition coefficient (Wildman–Crippen LogP) is 5.78. The Morgan fingerprint density at radius 3 is 1.57 bits per heavy atom. The zero-order valence-corrected chi connectivity index (χ0v) is 11.0. The van der Waals surface area contributed by atoms with E-state index < -0.39 is 0 Å². The number of allylic oxidation sites excluding steroid dienone is 2. The number of unbranched alkanes of at least 4 members (excludes halogenated alkanes) is 4. The van der Waals surface area contributed by atoms with Gasteiger partial charge in [-0.3, -0.25) is 0 Å². The summed E-state index contributed by atoms with van der Waals surface area (Å²) < 4.78 is 0. The van der Waals surface area contributed by atoms with Crippen LogP contribution in [0.3, 0.4) is 0 Å². The highest BCUT2D eigenvalue weighted by molar-refractivity contribution is 8.78. The minimum absolute atomic E-state index is 1.23. The van der Waals surface area contributed by atoms with Crippen LogP contribution in [0.5, 0.6) is 0 Å². The number of hydrogen-bond donors (Lipinski definition) is 0. The Balaban J connectivity index is 3.11. The number of hydrogen-bond acceptors (Lipinski definition) is 2. The van der Waals surface area contributed by atoms with Gasteiger partial charge in [-0.25, -0.2) is 0 Å². The molecule has 0 saturated heterocycles. The first-order valence-electron chi connectivity index (χ1n) is 5.54. The molecule has 0 aromatic carbocycles. The normalized spacial score (nSPS) is 11.9. The molecule has 0 aromatic heterocycles. The van der Waals surface area contributed by atoms with Crippen LogP contribution in [0.2, 0.25) is 0 Å². The van der Waals surface area contributed by atoms with Crippen molar-refractivity contribution in [2.45, 2.75) is 52.4 Å². The Bertz CT molecular complexity index is 132. The third-order valence-electron chi connectivity index (χ3n) is 1.81. The van der Waals surface area contributed by atoms with Gasteiger partial charge in [-0.2, -0.15) is 0 Å². The van der Waals surface area contributed by atoms with Gasteiger partial charge in [0.05, 0.1) is 0 Å². The van der Waals surface area contributed by atoms with Crippen LogP contribution in [0.25, 0.3) is 0 Å². The molecule has 0 rings (SSSR count).